The number of nitrogens with zero attached hydrogens (tertiary/aromatic N) is 2. The summed E-state index contributed by atoms with van der Waals surface area (Å²) in [6.07, 6.45) is 3.44. The fourth-order valence-electron chi connectivity index (χ4n) is 3.00. The maximum atomic E-state index is 13.5. The number of imidazole rings is 1. The van der Waals surface area contributed by atoms with Crippen LogP contribution in [0.3, 0.4) is 0 Å². The molecule has 1 N–H and O–H groups in total. The molecule has 1 saturated carbocycles. The minimum Gasteiger partial charge on any atom is -0.311 e. The van der Waals surface area contributed by atoms with Crippen LogP contribution in [0.2, 0.25) is 0 Å². The van der Waals surface area contributed by atoms with Crippen molar-refractivity contribution in [1.29, 1.82) is 0 Å². The Kier molecular flexibility index (Phi) is 2.67. The molecule has 2 heterocycles. The van der Waals surface area contributed by atoms with E-state index in [0.29, 0.717) is 11.5 Å². The van der Waals surface area contributed by atoms with E-state index in [9.17, 15) is 4.39 Å². The number of rotatable bonds is 2. The second-order valence-corrected chi connectivity index (χ2v) is 5.83. The highest BCUT2D eigenvalue weighted by Gasteiger charge is 2.32. The van der Waals surface area contributed by atoms with E-state index in [0.717, 1.165) is 25.2 Å². The van der Waals surface area contributed by atoms with E-state index in [-0.39, 0.29) is 5.82 Å². The number of halogens is 1. The van der Waals surface area contributed by atoms with Crippen molar-refractivity contribution in [3.05, 3.63) is 46.8 Å². The molecule has 1 aromatic carbocycles. The first-order valence-corrected chi connectivity index (χ1v) is 7.31. The van der Waals surface area contributed by atoms with Gasteiger partial charge in [-0.15, -0.1) is 0 Å². The van der Waals surface area contributed by atoms with E-state index in [4.69, 9.17) is 4.98 Å². The van der Waals surface area contributed by atoms with E-state index >= 15 is 0 Å². The van der Waals surface area contributed by atoms with Gasteiger partial charge in [-0.3, -0.25) is 0 Å². The Morgan fingerprint density at radius 1 is 1.35 bits per heavy atom. The second-order valence-electron chi connectivity index (χ2n) is 5.83. The average molecular weight is 271 g/mol. The molecular formula is C16H18FN3. The lowest BCUT2D eigenvalue weighted by Gasteiger charge is -2.16. The minimum atomic E-state index is -0.141. The molecular weight excluding hydrogens is 253 g/mol. The van der Waals surface area contributed by atoms with Crippen LogP contribution in [0, 0.1) is 12.7 Å². The van der Waals surface area contributed by atoms with Gasteiger partial charge in [0.15, 0.2) is 0 Å². The summed E-state index contributed by atoms with van der Waals surface area (Å²) in [5.74, 6) is 1.62. The van der Waals surface area contributed by atoms with E-state index in [1.807, 2.05) is 19.1 Å². The first-order valence-electron chi connectivity index (χ1n) is 7.31. The molecule has 2 aliphatic rings. The largest absolute Gasteiger partial charge is 0.311 e. The van der Waals surface area contributed by atoms with E-state index in [2.05, 4.69) is 9.88 Å². The highest BCUT2D eigenvalue weighted by molar-refractivity contribution is 5.42. The van der Waals surface area contributed by atoms with Gasteiger partial charge in [-0.25, -0.2) is 9.37 Å². The lowest BCUT2D eigenvalue weighted by atomic mass is 10.1. The molecule has 3 nitrogen and oxygen atoms in total. The molecule has 1 aliphatic carbocycles. The van der Waals surface area contributed by atoms with Gasteiger partial charge in [0.25, 0.3) is 0 Å². The molecule has 0 unspecified atom stereocenters. The van der Waals surface area contributed by atoms with Crippen LogP contribution in [-0.4, -0.2) is 16.1 Å². The first-order chi connectivity index (χ1) is 9.74. The Labute approximate surface area is 117 Å². The number of nitrogens with one attached hydrogen (secondary N) is 1. The van der Waals surface area contributed by atoms with Crippen LogP contribution in [-0.2, 0) is 13.0 Å². The lowest BCUT2D eigenvalue weighted by molar-refractivity contribution is 0.614. The SMILES string of the molecule is Cc1cc(-n2c(C3CC3)nc3c2CCNC3)ccc1F. The molecule has 1 fully saturated rings. The predicted molar refractivity (Wildman–Crippen MR) is 75.6 cm³/mol. The topological polar surface area (TPSA) is 29.9 Å². The maximum absolute atomic E-state index is 13.5. The lowest BCUT2D eigenvalue weighted by Crippen LogP contribution is -2.24. The summed E-state index contributed by atoms with van der Waals surface area (Å²) in [5, 5.41) is 3.38. The summed E-state index contributed by atoms with van der Waals surface area (Å²) >= 11 is 0. The average Bonchev–Trinajstić information content (AvgIpc) is 3.23. The highest BCUT2D eigenvalue weighted by atomic mass is 19.1. The van der Waals surface area contributed by atoms with E-state index in [1.165, 1.54) is 30.1 Å². The Bertz CT molecular complexity index is 671. The molecule has 1 aliphatic heterocycles. The summed E-state index contributed by atoms with van der Waals surface area (Å²) < 4.78 is 15.8. The fourth-order valence-corrected chi connectivity index (χ4v) is 3.00. The summed E-state index contributed by atoms with van der Waals surface area (Å²) in [5.41, 5.74) is 4.22. The summed E-state index contributed by atoms with van der Waals surface area (Å²) in [6.45, 7) is 3.66. The zero-order chi connectivity index (χ0) is 13.7. The van der Waals surface area contributed by atoms with Crippen LogP contribution >= 0.6 is 0 Å². The monoisotopic (exact) mass is 271 g/mol. The van der Waals surface area contributed by atoms with Crippen LogP contribution in [0.25, 0.3) is 5.69 Å². The molecule has 2 aromatic rings. The normalized spacial score (nSPS) is 18.1. The van der Waals surface area contributed by atoms with Crippen molar-refractivity contribution in [2.45, 2.75) is 38.6 Å². The standard InChI is InChI=1S/C16H18FN3/c1-10-8-12(4-5-13(10)17)20-15-6-7-18-9-14(15)19-16(20)11-2-3-11/h4-5,8,11,18H,2-3,6-7,9H2,1H3. The third-order valence-corrected chi connectivity index (χ3v) is 4.25. The zero-order valence-electron chi connectivity index (χ0n) is 11.6. The Morgan fingerprint density at radius 3 is 2.95 bits per heavy atom. The van der Waals surface area contributed by atoms with Gasteiger partial charge < -0.3 is 9.88 Å². The first kappa shape index (κ1) is 12.1. The predicted octanol–water partition coefficient (Wildman–Crippen LogP) is 2.84. The third kappa shape index (κ3) is 1.86. The van der Waals surface area contributed by atoms with Crippen LogP contribution in [0.1, 0.15) is 41.5 Å². The summed E-state index contributed by atoms with van der Waals surface area (Å²) in [6, 6.07) is 5.37. The van der Waals surface area contributed by atoms with Crippen molar-refractivity contribution in [3.8, 4) is 5.69 Å². The second kappa shape index (κ2) is 4.42. The van der Waals surface area contributed by atoms with Gasteiger partial charge in [-0.2, -0.15) is 0 Å². The maximum Gasteiger partial charge on any atom is 0.126 e. The Balaban J connectivity index is 1.90. The molecule has 0 bridgehead atoms. The van der Waals surface area contributed by atoms with E-state index in [1.54, 1.807) is 6.07 Å². The van der Waals surface area contributed by atoms with Gasteiger partial charge in [0.1, 0.15) is 11.6 Å². The van der Waals surface area contributed by atoms with Gasteiger partial charge in [0, 0.05) is 36.8 Å². The van der Waals surface area contributed by atoms with Gasteiger partial charge in [-0.05, 0) is 43.5 Å². The van der Waals surface area contributed by atoms with Gasteiger partial charge in [0.05, 0.1) is 5.69 Å². The quantitative estimate of drug-likeness (QED) is 0.910. The number of hydrogen-bond donors (Lipinski definition) is 1. The molecule has 104 valence electrons. The number of aryl methyl sites for hydroxylation is 1. The van der Waals surface area contributed by atoms with Gasteiger partial charge in [0.2, 0.25) is 0 Å². The number of fused-ring (bicyclic) bond motifs is 1. The molecule has 4 rings (SSSR count). The van der Waals surface area contributed by atoms with Gasteiger partial charge in [-0.1, -0.05) is 0 Å². The molecule has 4 heteroatoms. The van der Waals surface area contributed by atoms with Crippen LogP contribution in [0.5, 0.6) is 0 Å². The van der Waals surface area contributed by atoms with Crippen molar-refractivity contribution < 1.29 is 4.39 Å². The highest BCUT2D eigenvalue weighted by Crippen LogP contribution is 2.41. The fraction of sp³-hybridized carbons (Fsp3) is 0.438. The number of aromatic nitrogens is 2. The van der Waals surface area contributed by atoms with Gasteiger partial charge >= 0.3 is 0 Å². The number of benzene rings is 1. The molecule has 0 radical (unpaired) electrons. The van der Waals surface area contributed by atoms with Crippen molar-refractivity contribution in [3.63, 3.8) is 0 Å². The summed E-state index contributed by atoms with van der Waals surface area (Å²) in [4.78, 5) is 4.85. The van der Waals surface area contributed by atoms with Crippen molar-refractivity contribution in [1.82, 2.24) is 14.9 Å². The van der Waals surface area contributed by atoms with Crippen LogP contribution in [0.15, 0.2) is 18.2 Å². The zero-order valence-corrected chi connectivity index (χ0v) is 11.6. The third-order valence-electron chi connectivity index (χ3n) is 4.25. The van der Waals surface area contributed by atoms with Crippen LogP contribution in [0.4, 0.5) is 4.39 Å². The van der Waals surface area contributed by atoms with Crippen molar-refractivity contribution >= 4 is 0 Å². The smallest absolute Gasteiger partial charge is 0.126 e. The molecule has 0 amide bonds. The number of hydrogen-bond acceptors (Lipinski definition) is 2. The minimum absolute atomic E-state index is 0.141. The molecule has 0 saturated heterocycles. The van der Waals surface area contributed by atoms with Crippen LogP contribution < -0.4 is 5.32 Å². The molecule has 20 heavy (non-hydrogen) atoms. The Hall–Kier alpha value is -1.68. The van der Waals surface area contributed by atoms with Crippen molar-refractivity contribution in [2.24, 2.45) is 0 Å². The summed E-state index contributed by atoms with van der Waals surface area (Å²) in [7, 11) is 0. The molecule has 1 aromatic heterocycles. The Morgan fingerprint density at radius 2 is 2.20 bits per heavy atom. The molecule has 0 atom stereocenters. The van der Waals surface area contributed by atoms with Crippen molar-refractivity contribution in [2.75, 3.05) is 6.54 Å². The van der Waals surface area contributed by atoms with E-state index < -0.39 is 0 Å². The molecule has 0 spiro atoms.